The van der Waals surface area contributed by atoms with Crippen LogP contribution in [0.15, 0.2) is 4.99 Å². The predicted octanol–water partition coefficient (Wildman–Crippen LogP) is 1.72. The zero-order valence-corrected chi connectivity index (χ0v) is 16.1. The van der Waals surface area contributed by atoms with Crippen molar-refractivity contribution in [3.8, 4) is 0 Å². The van der Waals surface area contributed by atoms with Crippen LogP contribution < -0.4 is 10.6 Å². The van der Waals surface area contributed by atoms with E-state index in [9.17, 15) is 0 Å². The minimum absolute atomic E-state index is 0.536. The van der Waals surface area contributed by atoms with Gasteiger partial charge >= 0.3 is 0 Å². The fraction of sp³-hybridized carbons (Fsp3) is 0.944. The quantitative estimate of drug-likeness (QED) is 0.340. The molecule has 0 spiro atoms. The van der Waals surface area contributed by atoms with Crippen molar-refractivity contribution in [3.05, 3.63) is 0 Å². The molecule has 6 nitrogen and oxygen atoms in total. The minimum atomic E-state index is 0.536. The smallest absolute Gasteiger partial charge is 0.191 e. The molecular weight excluding hydrogens is 304 g/mol. The van der Waals surface area contributed by atoms with Gasteiger partial charge in [-0.25, -0.2) is 0 Å². The number of morpholine rings is 1. The summed E-state index contributed by atoms with van der Waals surface area (Å²) in [5.74, 6) is 1.60. The Morgan fingerprint density at radius 2 is 1.92 bits per heavy atom. The molecule has 1 saturated heterocycles. The van der Waals surface area contributed by atoms with E-state index in [0.717, 1.165) is 64.8 Å². The number of hydrogen-bond donors (Lipinski definition) is 2. The van der Waals surface area contributed by atoms with E-state index in [1.807, 2.05) is 7.05 Å². The SMILES string of the molecule is CN=C(NCCCCCOC)NCC(CC(C)C)N1CCOCC1. The average Bonchev–Trinajstić information content (AvgIpc) is 2.59. The first-order chi connectivity index (χ1) is 11.7. The summed E-state index contributed by atoms with van der Waals surface area (Å²) in [6.45, 7) is 11.1. The van der Waals surface area contributed by atoms with Crippen LogP contribution in [-0.2, 0) is 9.47 Å². The Kier molecular flexibility index (Phi) is 11.9. The van der Waals surface area contributed by atoms with Gasteiger partial charge in [0.15, 0.2) is 5.96 Å². The molecule has 142 valence electrons. The Morgan fingerprint density at radius 1 is 1.17 bits per heavy atom. The molecule has 1 aliphatic heterocycles. The molecule has 1 fully saturated rings. The van der Waals surface area contributed by atoms with Gasteiger partial charge in [0.25, 0.3) is 0 Å². The van der Waals surface area contributed by atoms with Crippen LogP contribution in [0.1, 0.15) is 39.5 Å². The summed E-state index contributed by atoms with van der Waals surface area (Å²) in [6.07, 6.45) is 4.64. The van der Waals surface area contributed by atoms with E-state index >= 15 is 0 Å². The van der Waals surface area contributed by atoms with Gasteiger partial charge in [0, 0.05) is 53.0 Å². The first kappa shape index (κ1) is 21.2. The first-order valence-electron chi connectivity index (χ1n) is 9.42. The summed E-state index contributed by atoms with van der Waals surface area (Å²) in [5.41, 5.74) is 0. The Bertz CT molecular complexity index is 331. The fourth-order valence-electron chi connectivity index (χ4n) is 3.04. The lowest BCUT2D eigenvalue weighted by molar-refractivity contribution is 0.0132. The van der Waals surface area contributed by atoms with Crippen molar-refractivity contribution in [1.82, 2.24) is 15.5 Å². The van der Waals surface area contributed by atoms with Crippen LogP contribution in [0, 0.1) is 5.92 Å². The Balaban J connectivity index is 2.31. The van der Waals surface area contributed by atoms with Gasteiger partial charge in [-0.1, -0.05) is 13.8 Å². The highest BCUT2D eigenvalue weighted by molar-refractivity contribution is 5.79. The van der Waals surface area contributed by atoms with Crippen LogP contribution in [0.5, 0.6) is 0 Å². The zero-order chi connectivity index (χ0) is 17.6. The number of ether oxygens (including phenoxy) is 2. The van der Waals surface area contributed by atoms with Crippen molar-refractivity contribution in [2.75, 3.05) is 60.2 Å². The summed E-state index contributed by atoms with van der Waals surface area (Å²) < 4.78 is 10.6. The number of hydrogen-bond acceptors (Lipinski definition) is 4. The molecule has 2 N–H and O–H groups in total. The number of guanidine groups is 1. The molecule has 0 amide bonds. The summed E-state index contributed by atoms with van der Waals surface area (Å²) in [6, 6.07) is 0.536. The van der Waals surface area contributed by atoms with Gasteiger partial charge in [-0.2, -0.15) is 0 Å². The highest BCUT2D eigenvalue weighted by Crippen LogP contribution is 2.12. The molecule has 6 heteroatoms. The number of nitrogens with one attached hydrogen (secondary N) is 2. The van der Waals surface area contributed by atoms with Crippen molar-refractivity contribution < 1.29 is 9.47 Å². The second kappa shape index (κ2) is 13.4. The molecule has 0 aromatic carbocycles. The highest BCUT2D eigenvalue weighted by atomic mass is 16.5. The molecule has 0 saturated carbocycles. The maximum atomic E-state index is 5.49. The molecule has 1 heterocycles. The van der Waals surface area contributed by atoms with Gasteiger partial charge in [-0.05, 0) is 31.6 Å². The highest BCUT2D eigenvalue weighted by Gasteiger charge is 2.22. The molecule has 1 aliphatic rings. The van der Waals surface area contributed by atoms with E-state index in [0.29, 0.717) is 12.0 Å². The van der Waals surface area contributed by atoms with Gasteiger partial charge in [0.1, 0.15) is 0 Å². The van der Waals surface area contributed by atoms with E-state index in [-0.39, 0.29) is 0 Å². The zero-order valence-electron chi connectivity index (χ0n) is 16.1. The van der Waals surface area contributed by atoms with E-state index in [2.05, 4.69) is 34.4 Å². The van der Waals surface area contributed by atoms with E-state index < -0.39 is 0 Å². The molecule has 1 atom stereocenters. The number of methoxy groups -OCH3 is 1. The molecule has 0 aromatic rings. The van der Waals surface area contributed by atoms with Crippen molar-refractivity contribution in [2.45, 2.75) is 45.6 Å². The van der Waals surface area contributed by atoms with Gasteiger partial charge < -0.3 is 20.1 Å². The molecule has 1 rings (SSSR count). The first-order valence-corrected chi connectivity index (χ1v) is 9.42. The molecule has 24 heavy (non-hydrogen) atoms. The van der Waals surface area contributed by atoms with Crippen LogP contribution in [0.4, 0.5) is 0 Å². The third kappa shape index (κ3) is 9.45. The molecule has 0 aliphatic carbocycles. The lowest BCUT2D eigenvalue weighted by atomic mass is 10.0. The Hall–Kier alpha value is -0.850. The van der Waals surface area contributed by atoms with Gasteiger partial charge in [-0.3, -0.25) is 9.89 Å². The maximum absolute atomic E-state index is 5.49. The Labute approximate surface area is 148 Å². The number of aliphatic imine (C=N–C) groups is 1. The number of nitrogens with zero attached hydrogens (tertiary/aromatic N) is 2. The van der Waals surface area contributed by atoms with Crippen LogP contribution in [-0.4, -0.2) is 77.1 Å². The molecule has 0 radical (unpaired) electrons. The average molecular weight is 343 g/mol. The van der Waals surface area contributed by atoms with Crippen LogP contribution in [0.3, 0.4) is 0 Å². The minimum Gasteiger partial charge on any atom is -0.385 e. The Morgan fingerprint density at radius 3 is 2.54 bits per heavy atom. The summed E-state index contributed by atoms with van der Waals surface area (Å²) in [7, 11) is 3.60. The van der Waals surface area contributed by atoms with Crippen LogP contribution in [0.2, 0.25) is 0 Å². The lowest BCUT2D eigenvalue weighted by Crippen LogP contribution is -2.51. The van der Waals surface area contributed by atoms with Gasteiger partial charge in [0.2, 0.25) is 0 Å². The summed E-state index contributed by atoms with van der Waals surface area (Å²) in [4.78, 5) is 6.89. The lowest BCUT2D eigenvalue weighted by Gasteiger charge is -2.35. The van der Waals surface area contributed by atoms with Crippen LogP contribution >= 0.6 is 0 Å². The third-order valence-corrected chi connectivity index (χ3v) is 4.35. The topological polar surface area (TPSA) is 58.1 Å². The second-order valence-corrected chi connectivity index (χ2v) is 6.87. The summed E-state index contributed by atoms with van der Waals surface area (Å²) >= 11 is 0. The molecular formula is C18H38N4O2. The normalized spacial score (nSPS) is 18.0. The fourth-order valence-corrected chi connectivity index (χ4v) is 3.04. The van der Waals surface area contributed by atoms with Crippen molar-refractivity contribution in [1.29, 1.82) is 0 Å². The number of unbranched alkanes of at least 4 members (excludes halogenated alkanes) is 2. The molecule has 0 aromatic heterocycles. The molecule has 1 unspecified atom stereocenters. The van der Waals surface area contributed by atoms with Crippen molar-refractivity contribution >= 4 is 5.96 Å². The summed E-state index contributed by atoms with van der Waals surface area (Å²) in [5, 5.41) is 6.92. The standard InChI is InChI=1S/C18H38N4O2/c1-16(2)14-17(22-9-12-24-13-10-22)15-21-18(19-3)20-8-6-5-7-11-23-4/h16-17H,5-15H2,1-4H3,(H2,19,20,21). The van der Waals surface area contributed by atoms with E-state index in [1.54, 1.807) is 7.11 Å². The molecule has 0 bridgehead atoms. The van der Waals surface area contributed by atoms with E-state index in [1.165, 1.54) is 12.8 Å². The predicted molar refractivity (Wildman–Crippen MR) is 101 cm³/mol. The van der Waals surface area contributed by atoms with Crippen LogP contribution in [0.25, 0.3) is 0 Å². The third-order valence-electron chi connectivity index (χ3n) is 4.35. The van der Waals surface area contributed by atoms with E-state index in [4.69, 9.17) is 9.47 Å². The number of rotatable bonds is 11. The maximum Gasteiger partial charge on any atom is 0.191 e. The largest absolute Gasteiger partial charge is 0.385 e. The van der Waals surface area contributed by atoms with Gasteiger partial charge in [-0.15, -0.1) is 0 Å². The van der Waals surface area contributed by atoms with Crippen molar-refractivity contribution in [3.63, 3.8) is 0 Å². The second-order valence-electron chi connectivity index (χ2n) is 6.87. The monoisotopic (exact) mass is 342 g/mol. The van der Waals surface area contributed by atoms with Gasteiger partial charge in [0.05, 0.1) is 13.2 Å². The van der Waals surface area contributed by atoms with Crippen molar-refractivity contribution in [2.24, 2.45) is 10.9 Å².